The van der Waals surface area contributed by atoms with Gasteiger partial charge in [0.15, 0.2) is 17.5 Å². The molecule has 0 saturated heterocycles. The highest BCUT2D eigenvalue weighted by Crippen LogP contribution is 2.36. The zero-order valence-electron chi connectivity index (χ0n) is 22.9. The van der Waals surface area contributed by atoms with Crippen molar-refractivity contribution in [3.8, 4) is 51.4 Å². The lowest BCUT2D eigenvalue weighted by atomic mass is 9.88. The van der Waals surface area contributed by atoms with Gasteiger partial charge in [0.1, 0.15) is 0 Å². The summed E-state index contributed by atoms with van der Waals surface area (Å²) in [6.07, 6.45) is 7.00. The normalized spacial score (nSPS) is 14.4. The number of benzene rings is 5. The molecule has 0 fully saturated rings. The van der Waals surface area contributed by atoms with Crippen molar-refractivity contribution in [3.63, 3.8) is 0 Å². The molecule has 0 saturated carbocycles. The molecule has 1 unspecified atom stereocenters. The quantitative estimate of drug-likeness (QED) is 0.219. The fourth-order valence-corrected chi connectivity index (χ4v) is 5.45. The fraction of sp³-hybridized carbons (Fsp3) is 0.0526. The summed E-state index contributed by atoms with van der Waals surface area (Å²) in [6, 6.07) is 43.8. The number of rotatable bonds is 5. The van der Waals surface area contributed by atoms with Crippen LogP contribution >= 0.6 is 0 Å². The van der Waals surface area contributed by atoms with E-state index in [9.17, 15) is 5.26 Å². The first-order chi connectivity index (χ1) is 20.8. The third-order valence-corrected chi connectivity index (χ3v) is 7.65. The first kappa shape index (κ1) is 25.3. The van der Waals surface area contributed by atoms with Crippen LogP contribution in [0.3, 0.4) is 0 Å². The Balaban J connectivity index is 1.28. The zero-order valence-corrected chi connectivity index (χ0v) is 22.9. The average Bonchev–Trinajstić information content (AvgIpc) is 3.08. The standard InChI is InChI=1S/C38H26N4/c39-25-26-15-17-27(18-16-26)32-23-24-33(35-14-8-7-13-34(32)35)28-19-21-31(22-20-28)38-41-36(29-9-3-1-4-10-29)40-37(42-38)30-11-5-2-6-12-30/h1-15,17-24,26H,16H2. The molecule has 42 heavy (non-hydrogen) atoms. The van der Waals surface area contributed by atoms with Crippen molar-refractivity contribution in [1.29, 1.82) is 5.26 Å². The van der Waals surface area contributed by atoms with Crippen LogP contribution in [0.25, 0.3) is 61.6 Å². The van der Waals surface area contributed by atoms with Crippen LogP contribution in [0.4, 0.5) is 0 Å². The molecule has 1 aliphatic rings. The van der Waals surface area contributed by atoms with Crippen LogP contribution in [-0.4, -0.2) is 15.0 Å². The highest BCUT2D eigenvalue weighted by atomic mass is 15.0. The SMILES string of the molecule is N#CC1C=CC(c2ccc(-c3ccc(-c4nc(-c5ccccc5)nc(-c5ccccc5)n4)cc3)c3ccccc23)=CC1. The highest BCUT2D eigenvalue weighted by molar-refractivity contribution is 6.04. The van der Waals surface area contributed by atoms with Gasteiger partial charge in [0.25, 0.3) is 0 Å². The van der Waals surface area contributed by atoms with Crippen molar-refractivity contribution in [2.45, 2.75) is 6.42 Å². The molecular weight excluding hydrogens is 512 g/mol. The Morgan fingerprint density at radius 2 is 1.00 bits per heavy atom. The maximum Gasteiger partial charge on any atom is 0.164 e. The van der Waals surface area contributed by atoms with Crippen LogP contribution in [0.1, 0.15) is 12.0 Å². The number of hydrogen-bond acceptors (Lipinski definition) is 4. The summed E-state index contributed by atoms with van der Waals surface area (Å²) in [7, 11) is 0. The van der Waals surface area contributed by atoms with Gasteiger partial charge in [-0.3, -0.25) is 0 Å². The lowest BCUT2D eigenvalue weighted by molar-refractivity contribution is 0.841. The maximum atomic E-state index is 9.26. The molecule has 5 aromatic carbocycles. The van der Waals surface area contributed by atoms with Crippen LogP contribution in [-0.2, 0) is 0 Å². The maximum absolute atomic E-state index is 9.26. The zero-order chi connectivity index (χ0) is 28.3. The van der Waals surface area contributed by atoms with Crippen LogP contribution in [0.2, 0.25) is 0 Å². The minimum absolute atomic E-state index is 0.0466. The van der Waals surface area contributed by atoms with Gasteiger partial charge >= 0.3 is 0 Å². The highest BCUT2D eigenvalue weighted by Gasteiger charge is 2.15. The summed E-state index contributed by atoms with van der Waals surface area (Å²) >= 11 is 0. The van der Waals surface area contributed by atoms with Crippen molar-refractivity contribution < 1.29 is 0 Å². The van der Waals surface area contributed by atoms with Crippen molar-refractivity contribution >= 4 is 16.3 Å². The summed E-state index contributed by atoms with van der Waals surface area (Å²) in [5.41, 5.74) is 7.48. The molecule has 1 aliphatic carbocycles. The van der Waals surface area contributed by atoms with Crippen molar-refractivity contribution in [2.24, 2.45) is 5.92 Å². The van der Waals surface area contributed by atoms with Crippen molar-refractivity contribution in [2.75, 3.05) is 0 Å². The Kier molecular flexibility index (Phi) is 6.68. The predicted molar refractivity (Wildman–Crippen MR) is 170 cm³/mol. The van der Waals surface area contributed by atoms with Crippen LogP contribution < -0.4 is 0 Å². The van der Waals surface area contributed by atoms with E-state index in [0.717, 1.165) is 34.2 Å². The molecule has 0 spiro atoms. The average molecular weight is 539 g/mol. The van der Waals surface area contributed by atoms with Gasteiger partial charge in [-0.1, -0.05) is 140 Å². The van der Waals surface area contributed by atoms with Crippen molar-refractivity contribution in [1.82, 2.24) is 15.0 Å². The Morgan fingerprint density at radius 3 is 1.52 bits per heavy atom. The number of nitriles is 1. The van der Waals surface area contributed by atoms with Gasteiger partial charge in [-0.2, -0.15) is 5.26 Å². The van der Waals surface area contributed by atoms with Crippen LogP contribution in [0.15, 0.2) is 140 Å². The van der Waals surface area contributed by atoms with E-state index in [1.165, 1.54) is 21.9 Å². The van der Waals surface area contributed by atoms with Crippen LogP contribution in [0, 0.1) is 17.2 Å². The van der Waals surface area contributed by atoms with Gasteiger partial charge in [0.05, 0.1) is 12.0 Å². The minimum Gasteiger partial charge on any atom is -0.208 e. The minimum atomic E-state index is -0.0466. The fourth-order valence-electron chi connectivity index (χ4n) is 5.45. The van der Waals surface area contributed by atoms with Crippen molar-refractivity contribution in [3.05, 3.63) is 145 Å². The smallest absolute Gasteiger partial charge is 0.164 e. The largest absolute Gasteiger partial charge is 0.208 e. The summed E-state index contributed by atoms with van der Waals surface area (Å²) in [6.45, 7) is 0. The molecule has 4 nitrogen and oxygen atoms in total. The Hall–Kier alpha value is -5.66. The summed E-state index contributed by atoms with van der Waals surface area (Å²) < 4.78 is 0. The van der Waals surface area contributed by atoms with Crippen LogP contribution in [0.5, 0.6) is 0 Å². The molecule has 1 atom stereocenters. The number of aromatic nitrogens is 3. The number of nitrogens with zero attached hydrogens (tertiary/aromatic N) is 4. The molecule has 4 heteroatoms. The van der Waals surface area contributed by atoms with E-state index in [4.69, 9.17) is 15.0 Å². The third-order valence-electron chi connectivity index (χ3n) is 7.65. The molecule has 0 radical (unpaired) electrons. The van der Waals surface area contributed by atoms with E-state index < -0.39 is 0 Å². The second kappa shape index (κ2) is 11.1. The molecule has 7 rings (SSSR count). The summed E-state index contributed by atoms with van der Waals surface area (Å²) in [4.78, 5) is 14.6. The van der Waals surface area contributed by atoms with Gasteiger partial charge in [-0.15, -0.1) is 0 Å². The number of hydrogen-bond donors (Lipinski definition) is 0. The van der Waals surface area contributed by atoms with Gasteiger partial charge in [0, 0.05) is 16.7 Å². The molecule has 1 aromatic heterocycles. The lowest BCUT2D eigenvalue weighted by Crippen LogP contribution is -2.00. The predicted octanol–water partition coefficient (Wildman–Crippen LogP) is 9.18. The van der Waals surface area contributed by atoms with E-state index in [-0.39, 0.29) is 5.92 Å². The first-order valence-electron chi connectivity index (χ1n) is 14.0. The topological polar surface area (TPSA) is 62.5 Å². The molecule has 0 aliphatic heterocycles. The Morgan fingerprint density at radius 1 is 0.524 bits per heavy atom. The summed E-state index contributed by atoms with van der Waals surface area (Å²) in [5, 5.41) is 11.7. The van der Waals surface area contributed by atoms with Gasteiger partial charge in [-0.25, -0.2) is 15.0 Å². The number of allylic oxidation sites excluding steroid dienone is 4. The third kappa shape index (κ3) is 4.89. The van der Waals surface area contributed by atoms with Gasteiger partial charge in [0.2, 0.25) is 0 Å². The van der Waals surface area contributed by atoms with E-state index in [2.05, 4.69) is 78.9 Å². The van der Waals surface area contributed by atoms with E-state index >= 15 is 0 Å². The first-order valence-corrected chi connectivity index (χ1v) is 14.0. The molecule has 0 N–H and O–H groups in total. The molecule has 0 amide bonds. The molecule has 1 heterocycles. The Bertz CT molecular complexity index is 1940. The second-order valence-electron chi connectivity index (χ2n) is 10.3. The Labute approximate surface area is 245 Å². The van der Waals surface area contributed by atoms with Gasteiger partial charge in [-0.05, 0) is 39.5 Å². The molecule has 198 valence electrons. The molecule has 6 aromatic rings. The lowest BCUT2D eigenvalue weighted by Gasteiger charge is -2.15. The van der Waals surface area contributed by atoms with E-state index in [1.54, 1.807) is 0 Å². The van der Waals surface area contributed by atoms with Gasteiger partial charge < -0.3 is 0 Å². The second-order valence-corrected chi connectivity index (χ2v) is 10.3. The summed E-state index contributed by atoms with van der Waals surface area (Å²) in [5.74, 6) is 1.89. The van der Waals surface area contributed by atoms with E-state index in [0.29, 0.717) is 17.5 Å². The van der Waals surface area contributed by atoms with E-state index in [1.807, 2.05) is 66.7 Å². The molecular formula is C38H26N4. The molecule has 0 bridgehead atoms. The number of fused-ring (bicyclic) bond motifs is 1. The monoisotopic (exact) mass is 538 g/mol.